The summed E-state index contributed by atoms with van der Waals surface area (Å²) < 4.78 is 6.33. The van der Waals surface area contributed by atoms with Crippen molar-refractivity contribution in [1.82, 2.24) is 14.8 Å². The first-order valence-electron chi connectivity index (χ1n) is 6.05. The van der Waals surface area contributed by atoms with Crippen LogP contribution in [0.4, 0.5) is 5.95 Å². The Morgan fingerprint density at radius 1 is 1.63 bits per heavy atom. The lowest BCUT2D eigenvalue weighted by atomic mass is 9.81. The van der Waals surface area contributed by atoms with Gasteiger partial charge in [-0.05, 0) is 18.8 Å². The quantitative estimate of drug-likeness (QED) is 0.758. The minimum Gasteiger partial charge on any atom is -0.480 e. The maximum absolute atomic E-state index is 12.0. The monoisotopic (exact) mass is 268 g/mol. The lowest BCUT2D eigenvalue weighted by Gasteiger charge is -2.31. The first-order chi connectivity index (χ1) is 9.10. The van der Waals surface area contributed by atoms with E-state index in [2.05, 4.69) is 15.4 Å². The van der Waals surface area contributed by atoms with Crippen LogP contribution in [0.3, 0.4) is 0 Å². The van der Waals surface area contributed by atoms with Crippen LogP contribution >= 0.6 is 0 Å². The predicted molar refractivity (Wildman–Crippen MR) is 64.4 cm³/mol. The summed E-state index contributed by atoms with van der Waals surface area (Å²) in [7, 11) is 1.50. The van der Waals surface area contributed by atoms with E-state index < -0.39 is 12.1 Å². The van der Waals surface area contributed by atoms with Gasteiger partial charge in [-0.15, -0.1) is 5.10 Å². The minimum atomic E-state index is -1.02. The van der Waals surface area contributed by atoms with Gasteiger partial charge < -0.3 is 9.84 Å². The van der Waals surface area contributed by atoms with Crippen molar-refractivity contribution in [2.24, 2.45) is 5.92 Å². The van der Waals surface area contributed by atoms with Crippen LogP contribution in [0.1, 0.15) is 19.3 Å². The number of ether oxygens (including phenoxy) is 1. The molecule has 1 atom stereocenters. The third kappa shape index (κ3) is 3.28. The van der Waals surface area contributed by atoms with Gasteiger partial charge in [0.25, 0.3) is 5.91 Å². The highest BCUT2D eigenvalue weighted by Gasteiger charge is 2.33. The molecule has 0 bridgehead atoms. The number of rotatable bonds is 6. The van der Waals surface area contributed by atoms with Crippen molar-refractivity contribution in [2.75, 3.05) is 12.4 Å². The molecule has 0 radical (unpaired) electrons. The molecular weight excluding hydrogens is 252 g/mol. The molecule has 2 rings (SSSR count). The highest BCUT2D eigenvalue weighted by Crippen LogP contribution is 2.31. The first kappa shape index (κ1) is 13.5. The number of amides is 1. The second-order valence-corrected chi connectivity index (χ2v) is 4.50. The molecule has 19 heavy (non-hydrogen) atoms. The van der Waals surface area contributed by atoms with Crippen molar-refractivity contribution in [1.29, 1.82) is 0 Å². The fourth-order valence-corrected chi connectivity index (χ4v) is 2.00. The molecule has 1 amide bonds. The van der Waals surface area contributed by atoms with Gasteiger partial charge in [-0.2, -0.15) is 0 Å². The summed E-state index contributed by atoms with van der Waals surface area (Å²) >= 11 is 0. The molecule has 8 heteroatoms. The molecule has 8 nitrogen and oxygen atoms in total. The Bertz CT molecular complexity index is 469. The maximum Gasteiger partial charge on any atom is 0.325 e. The zero-order chi connectivity index (χ0) is 13.8. The molecule has 0 aromatic carbocycles. The van der Waals surface area contributed by atoms with Crippen LogP contribution in [-0.2, 0) is 20.9 Å². The van der Waals surface area contributed by atoms with Gasteiger partial charge in [0.2, 0.25) is 5.95 Å². The van der Waals surface area contributed by atoms with E-state index in [0.29, 0.717) is 0 Å². The lowest BCUT2D eigenvalue weighted by molar-refractivity contribution is -0.137. The topological polar surface area (TPSA) is 106 Å². The number of carbonyl (C=O) groups is 2. The summed E-state index contributed by atoms with van der Waals surface area (Å²) in [6.45, 7) is -0.292. The molecule has 1 aromatic rings. The first-order valence-corrected chi connectivity index (χ1v) is 6.05. The van der Waals surface area contributed by atoms with E-state index in [4.69, 9.17) is 9.84 Å². The number of aromatic nitrogens is 3. The van der Waals surface area contributed by atoms with Crippen LogP contribution in [0.15, 0.2) is 6.33 Å². The number of anilines is 1. The maximum atomic E-state index is 12.0. The van der Waals surface area contributed by atoms with Crippen molar-refractivity contribution in [3.63, 3.8) is 0 Å². The molecule has 1 aliphatic rings. The molecule has 0 spiro atoms. The Morgan fingerprint density at radius 3 is 2.89 bits per heavy atom. The van der Waals surface area contributed by atoms with Gasteiger partial charge in [-0.3, -0.25) is 14.9 Å². The Balaban J connectivity index is 1.93. The highest BCUT2D eigenvalue weighted by molar-refractivity contribution is 5.92. The standard InChI is InChI=1S/C11H16N4O4/c1-19-9(7-3-2-4-7)10(18)13-11-12-6-15(14-11)5-8(16)17/h6-7,9H,2-5H2,1H3,(H,16,17)(H,13,14,18). The van der Waals surface area contributed by atoms with Crippen LogP contribution in [0, 0.1) is 5.92 Å². The molecule has 0 saturated heterocycles. The van der Waals surface area contributed by atoms with Crippen molar-refractivity contribution in [3.05, 3.63) is 6.33 Å². The third-order valence-electron chi connectivity index (χ3n) is 3.16. The van der Waals surface area contributed by atoms with E-state index in [1.54, 1.807) is 0 Å². The zero-order valence-electron chi connectivity index (χ0n) is 10.6. The molecule has 1 saturated carbocycles. The number of carboxylic acids is 1. The van der Waals surface area contributed by atoms with Gasteiger partial charge in [0.1, 0.15) is 19.0 Å². The summed E-state index contributed by atoms with van der Waals surface area (Å²) in [6.07, 6.45) is 3.83. The molecule has 1 aromatic heterocycles. The Kier molecular flexibility index (Phi) is 4.10. The molecule has 1 fully saturated rings. The Morgan fingerprint density at radius 2 is 2.37 bits per heavy atom. The van der Waals surface area contributed by atoms with Crippen molar-refractivity contribution in [2.45, 2.75) is 31.9 Å². The molecule has 2 N–H and O–H groups in total. The van der Waals surface area contributed by atoms with Crippen LogP contribution in [0.2, 0.25) is 0 Å². The van der Waals surface area contributed by atoms with Crippen molar-refractivity contribution in [3.8, 4) is 0 Å². The number of nitrogens with one attached hydrogen (secondary N) is 1. The molecular formula is C11H16N4O4. The minimum absolute atomic E-state index is 0.0904. The fraction of sp³-hybridized carbons (Fsp3) is 0.636. The summed E-state index contributed by atoms with van der Waals surface area (Å²) in [4.78, 5) is 26.3. The van der Waals surface area contributed by atoms with Crippen LogP contribution in [0.5, 0.6) is 0 Å². The van der Waals surface area contributed by atoms with Gasteiger partial charge in [-0.1, -0.05) is 6.42 Å². The number of carboxylic acid groups (broad SMARTS) is 1. The number of aliphatic carboxylic acids is 1. The van der Waals surface area contributed by atoms with Gasteiger partial charge in [0, 0.05) is 7.11 Å². The van der Waals surface area contributed by atoms with Crippen molar-refractivity contribution >= 4 is 17.8 Å². The normalized spacial score (nSPS) is 16.7. The van der Waals surface area contributed by atoms with Crippen LogP contribution in [-0.4, -0.2) is 45.0 Å². The van der Waals surface area contributed by atoms with Gasteiger partial charge in [-0.25, -0.2) is 9.67 Å². The number of nitrogens with zero attached hydrogens (tertiary/aromatic N) is 3. The molecule has 1 unspecified atom stereocenters. The second kappa shape index (κ2) is 5.79. The number of hydrogen-bond donors (Lipinski definition) is 2. The number of hydrogen-bond acceptors (Lipinski definition) is 5. The molecule has 104 valence electrons. The molecule has 0 aliphatic heterocycles. The van der Waals surface area contributed by atoms with E-state index in [-0.39, 0.29) is 24.3 Å². The largest absolute Gasteiger partial charge is 0.480 e. The number of carbonyl (C=O) groups excluding carboxylic acids is 1. The Hall–Kier alpha value is -1.96. The van der Waals surface area contributed by atoms with E-state index >= 15 is 0 Å². The van der Waals surface area contributed by atoms with Gasteiger partial charge >= 0.3 is 5.97 Å². The average Bonchev–Trinajstić information content (AvgIpc) is 2.69. The predicted octanol–water partition coefficient (Wildman–Crippen LogP) is 0.116. The Labute approximate surface area is 109 Å². The summed E-state index contributed by atoms with van der Waals surface area (Å²) in [5, 5.41) is 15.0. The van der Waals surface area contributed by atoms with Crippen LogP contribution in [0.25, 0.3) is 0 Å². The van der Waals surface area contributed by atoms with E-state index in [0.717, 1.165) is 23.9 Å². The third-order valence-corrected chi connectivity index (χ3v) is 3.16. The summed E-state index contributed by atoms with van der Waals surface area (Å²) in [6, 6.07) is 0. The molecule has 1 aliphatic carbocycles. The van der Waals surface area contributed by atoms with E-state index in [1.807, 2.05) is 0 Å². The second-order valence-electron chi connectivity index (χ2n) is 4.50. The van der Waals surface area contributed by atoms with Crippen LogP contribution < -0.4 is 5.32 Å². The number of methoxy groups -OCH3 is 1. The lowest BCUT2D eigenvalue weighted by Crippen LogP contribution is -2.39. The van der Waals surface area contributed by atoms with Gasteiger partial charge in [0.15, 0.2) is 0 Å². The molecule has 1 heterocycles. The SMILES string of the molecule is COC(C(=O)Nc1ncn(CC(=O)O)n1)C1CCC1. The van der Waals surface area contributed by atoms with E-state index in [1.165, 1.54) is 13.4 Å². The zero-order valence-corrected chi connectivity index (χ0v) is 10.6. The van der Waals surface area contributed by atoms with E-state index in [9.17, 15) is 9.59 Å². The highest BCUT2D eigenvalue weighted by atomic mass is 16.5. The van der Waals surface area contributed by atoms with Crippen molar-refractivity contribution < 1.29 is 19.4 Å². The van der Waals surface area contributed by atoms with Gasteiger partial charge in [0.05, 0.1) is 0 Å². The fourth-order valence-electron chi connectivity index (χ4n) is 2.00. The smallest absolute Gasteiger partial charge is 0.325 e. The average molecular weight is 268 g/mol. The summed E-state index contributed by atoms with van der Waals surface area (Å²) in [5.74, 6) is -0.981. The summed E-state index contributed by atoms with van der Waals surface area (Å²) in [5.41, 5.74) is 0.